The number of anilines is 2. The van der Waals surface area contributed by atoms with Gasteiger partial charge in [0, 0.05) is 18.0 Å². The Morgan fingerprint density at radius 1 is 1.37 bits per heavy atom. The van der Waals surface area contributed by atoms with Crippen molar-refractivity contribution in [2.75, 3.05) is 17.2 Å². The maximum absolute atomic E-state index is 12.2. The Labute approximate surface area is 161 Å². The van der Waals surface area contributed by atoms with Gasteiger partial charge >= 0.3 is 5.97 Å². The molecule has 142 valence electrons. The number of esters is 1. The number of carbonyl (C=O) groups excluding carboxylic acids is 3. The summed E-state index contributed by atoms with van der Waals surface area (Å²) in [5.74, 6) is -0.966. The molecule has 1 atom stereocenters. The fourth-order valence-corrected chi connectivity index (χ4v) is 3.85. The quantitative estimate of drug-likeness (QED) is 0.742. The van der Waals surface area contributed by atoms with E-state index in [1.54, 1.807) is 13.8 Å². The van der Waals surface area contributed by atoms with Crippen molar-refractivity contribution in [2.24, 2.45) is 5.92 Å². The van der Waals surface area contributed by atoms with Crippen molar-refractivity contribution in [3.8, 4) is 0 Å². The molecule has 2 aromatic rings. The van der Waals surface area contributed by atoms with E-state index < -0.39 is 5.97 Å². The number of ether oxygens (including phenoxy) is 1. The van der Waals surface area contributed by atoms with Gasteiger partial charge in [-0.3, -0.25) is 9.59 Å². The third-order valence-electron chi connectivity index (χ3n) is 4.34. The summed E-state index contributed by atoms with van der Waals surface area (Å²) in [6.07, 6.45) is 1.27. The summed E-state index contributed by atoms with van der Waals surface area (Å²) in [4.78, 5) is 40.8. The molecule has 0 fully saturated rings. The number of nitrogens with zero attached hydrogens (tertiary/aromatic N) is 1. The van der Waals surface area contributed by atoms with E-state index in [4.69, 9.17) is 4.74 Å². The molecule has 0 radical (unpaired) electrons. The molecule has 0 aliphatic carbocycles. The number of nitrogens with one attached hydrogen (secondary N) is 2. The van der Waals surface area contributed by atoms with Crippen molar-refractivity contribution < 1.29 is 19.1 Å². The molecule has 27 heavy (non-hydrogen) atoms. The first kappa shape index (κ1) is 19.0. The summed E-state index contributed by atoms with van der Waals surface area (Å²) in [7, 11) is 0. The lowest BCUT2D eigenvalue weighted by Gasteiger charge is -2.24. The number of hydrogen-bond donors (Lipinski definition) is 2. The van der Waals surface area contributed by atoms with Gasteiger partial charge < -0.3 is 15.4 Å². The Hall–Kier alpha value is -2.74. The first-order valence-electron chi connectivity index (χ1n) is 8.81. The standard InChI is InChI=1S/C19H21N3O4S/c1-3-26-18(25)16-11(2)20-19(27-16)22-15(23)9-8-13-10-12-6-4-5-7-14(12)21-17(13)24/h4-7,13H,3,8-10H2,1-2H3,(H,21,24)(H,20,22,23)/t13-/m1/s1. The van der Waals surface area contributed by atoms with Gasteiger partial charge in [0.15, 0.2) is 5.13 Å². The lowest BCUT2D eigenvalue weighted by atomic mass is 9.89. The Balaban J connectivity index is 1.55. The molecule has 1 aromatic carbocycles. The van der Waals surface area contributed by atoms with Crippen LogP contribution in [0.2, 0.25) is 0 Å². The summed E-state index contributed by atoms with van der Waals surface area (Å²) < 4.78 is 4.97. The maximum atomic E-state index is 12.2. The number of benzene rings is 1. The van der Waals surface area contributed by atoms with E-state index in [2.05, 4.69) is 15.6 Å². The Morgan fingerprint density at radius 2 is 2.15 bits per heavy atom. The zero-order chi connectivity index (χ0) is 19.4. The topological polar surface area (TPSA) is 97.4 Å². The normalized spacial score (nSPS) is 15.6. The fraction of sp³-hybridized carbons (Fsp3) is 0.368. The third kappa shape index (κ3) is 4.51. The van der Waals surface area contributed by atoms with Crippen molar-refractivity contribution >= 4 is 39.9 Å². The second-order valence-electron chi connectivity index (χ2n) is 6.29. The van der Waals surface area contributed by atoms with Gasteiger partial charge in [-0.1, -0.05) is 29.5 Å². The van der Waals surface area contributed by atoms with Crippen LogP contribution in [0.25, 0.3) is 0 Å². The van der Waals surface area contributed by atoms with Crippen molar-refractivity contribution in [1.29, 1.82) is 0 Å². The third-order valence-corrected chi connectivity index (χ3v) is 5.39. The molecular weight excluding hydrogens is 366 g/mol. The molecule has 1 aromatic heterocycles. The Bertz CT molecular complexity index is 878. The molecule has 8 heteroatoms. The SMILES string of the molecule is CCOC(=O)c1sc(NC(=O)CC[C@@H]2Cc3ccccc3NC2=O)nc1C. The van der Waals surface area contributed by atoms with Crippen LogP contribution in [0.1, 0.15) is 40.7 Å². The first-order valence-corrected chi connectivity index (χ1v) is 9.62. The summed E-state index contributed by atoms with van der Waals surface area (Å²) in [5.41, 5.74) is 2.45. The Morgan fingerprint density at radius 3 is 2.93 bits per heavy atom. The van der Waals surface area contributed by atoms with Gasteiger partial charge in [0.2, 0.25) is 11.8 Å². The van der Waals surface area contributed by atoms with Crippen LogP contribution in [0.5, 0.6) is 0 Å². The molecule has 0 bridgehead atoms. The van der Waals surface area contributed by atoms with E-state index in [1.165, 1.54) is 0 Å². The minimum Gasteiger partial charge on any atom is -0.462 e. The first-order chi connectivity index (χ1) is 13.0. The smallest absolute Gasteiger partial charge is 0.350 e. The number of amides is 2. The molecule has 0 unspecified atom stereocenters. The summed E-state index contributed by atoms with van der Waals surface area (Å²) in [5, 5.41) is 5.95. The van der Waals surface area contributed by atoms with E-state index in [0.717, 1.165) is 22.6 Å². The zero-order valence-corrected chi connectivity index (χ0v) is 16.0. The van der Waals surface area contributed by atoms with Gasteiger partial charge in [-0.2, -0.15) is 0 Å². The molecule has 0 saturated heterocycles. The van der Waals surface area contributed by atoms with Gasteiger partial charge in [0.05, 0.1) is 12.3 Å². The second kappa shape index (κ2) is 8.30. The van der Waals surface area contributed by atoms with Gasteiger partial charge in [-0.25, -0.2) is 9.78 Å². The van der Waals surface area contributed by atoms with Crippen LogP contribution in [0.15, 0.2) is 24.3 Å². The van der Waals surface area contributed by atoms with Crippen molar-refractivity contribution in [2.45, 2.75) is 33.1 Å². The highest BCUT2D eigenvalue weighted by Crippen LogP contribution is 2.28. The lowest BCUT2D eigenvalue weighted by molar-refractivity contribution is -0.121. The molecule has 1 aliphatic heterocycles. The monoisotopic (exact) mass is 387 g/mol. The highest BCUT2D eigenvalue weighted by Gasteiger charge is 2.26. The van der Waals surface area contributed by atoms with Crippen molar-refractivity contribution in [3.05, 3.63) is 40.4 Å². The van der Waals surface area contributed by atoms with Crippen molar-refractivity contribution in [1.82, 2.24) is 4.98 Å². The van der Waals surface area contributed by atoms with Crippen LogP contribution < -0.4 is 10.6 Å². The van der Waals surface area contributed by atoms with E-state index in [-0.39, 0.29) is 30.8 Å². The van der Waals surface area contributed by atoms with Crippen LogP contribution in [-0.2, 0) is 20.7 Å². The molecule has 7 nitrogen and oxygen atoms in total. The molecule has 2 heterocycles. The minimum absolute atomic E-state index is 0.0591. The molecule has 2 amide bonds. The molecule has 1 aliphatic rings. The zero-order valence-electron chi connectivity index (χ0n) is 15.2. The highest BCUT2D eigenvalue weighted by atomic mass is 32.1. The number of carbonyl (C=O) groups is 3. The van der Waals surface area contributed by atoms with Gasteiger partial charge in [0.1, 0.15) is 4.88 Å². The lowest BCUT2D eigenvalue weighted by Crippen LogP contribution is -2.30. The average Bonchev–Trinajstić information content (AvgIpc) is 3.00. The van der Waals surface area contributed by atoms with Crippen LogP contribution in [0.3, 0.4) is 0 Å². The number of fused-ring (bicyclic) bond motifs is 1. The van der Waals surface area contributed by atoms with E-state index in [0.29, 0.717) is 28.5 Å². The van der Waals surface area contributed by atoms with Crippen LogP contribution in [0.4, 0.5) is 10.8 Å². The van der Waals surface area contributed by atoms with Gasteiger partial charge in [-0.05, 0) is 38.3 Å². The summed E-state index contributed by atoms with van der Waals surface area (Å²) in [6, 6.07) is 7.68. The predicted molar refractivity (Wildman–Crippen MR) is 103 cm³/mol. The predicted octanol–water partition coefficient (Wildman–Crippen LogP) is 3.16. The van der Waals surface area contributed by atoms with E-state index >= 15 is 0 Å². The molecule has 3 rings (SSSR count). The summed E-state index contributed by atoms with van der Waals surface area (Å²) in [6.45, 7) is 3.71. The summed E-state index contributed by atoms with van der Waals surface area (Å²) >= 11 is 1.09. The number of rotatable bonds is 6. The van der Waals surface area contributed by atoms with E-state index in [1.807, 2.05) is 24.3 Å². The molecular formula is C19H21N3O4S. The van der Waals surface area contributed by atoms with E-state index in [9.17, 15) is 14.4 Å². The van der Waals surface area contributed by atoms with Gasteiger partial charge in [0.25, 0.3) is 0 Å². The van der Waals surface area contributed by atoms with Crippen LogP contribution >= 0.6 is 11.3 Å². The fourth-order valence-electron chi connectivity index (χ4n) is 2.97. The van der Waals surface area contributed by atoms with Crippen LogP contribution in [-0.4, -0.2) is 29.4 Å². The molecule has 2 N–H and O–H groups in total. The Kier molecular flexibility index (Phi) is 5.85. The molecule has 0 saturated carbocycles. The van der Waals surface area contributed by atoms with Gasteiger partial charge in [-0.15, -0.1) is 0 Å². The number of thiazole rings is 1. The highest BCUT2D eigenvalue weighted by molar-refractivity contribution is 7.17. The largest absolute Gasteiger partial charge is 0.462 e. The molecule has 0 spiro atoms. The number of hydrogen-bond acceptors (Lipinski definition) is 6. The maximum Gasteiger partial charge on any atom is 0.350 e. The van der Waals surface area contributed by atoms with Crippen molar-refractivity contribution in [3.63, 3.8) is 0 Å². The van der Waals surface area contributed by atoms with Crippen LogP contribution in [0, 0.1) is 12.8 Å². The minimum atomic E-state index is -0.439. The number of aryl methyl sites for hydroxylation is 1. The number of aromatic nitrogens is 1. The second-order valence-corrected chi connectivity index (χ2v) is 7.29. The average molecular weight is 387 g/mol. The number of para-hydroxylation sites is 1.